The second-order valence-electron chi connectivity index (χ2n) is 7.82. The molecule has 1 N–H and O–H groups in total. The Kier molecular flexibility index (Phi) is 5.67. The lowest BCUT2D eigenvalue weighted by atomic mass is 9.62. The molecule has 5 unspecified atom stereocenters. The van der Waals surface area contributed by atoms with Gasteiger partial charge in [0.2, 0.25) is 5.13 Å². The van der Waals surface area contributed by atoms with E-state index in [9.17, 15) is 31.1 Å². The minimum Gasteiger partial charge on any atom is -0.478 e. The molecule has 1 fully saturated rings. The molecule has 2 heterocycles. The summed E-state index contributed by atoms with van der Waals surface area (Å²) < 4.78 is 81.4. The second-order valence-corrected chi connectivity index (χ2v) is 8.66. The molecular weight excluding hydrogens is 436 g/mol. The second kappa shape index (κ2) is 7.54. The molecule has 0 bridgehead atoms. The zero-order valence-electron chi connectivity index (χ0n) is 16.1. The number of aromatic carboxylic acids is 1. The van der Waals surface area contributed by atoms with Gasteiger partial charge in [0.25, 0.3) is 0 Å². The first-order chi connectivity index (χ1) is 13.7. The van der Waals surface area contributed by atoms with Crippen LogP contribution in [0.1, 0.15) is 54.9 Å². The molecule has 0 radical (unpaired) electrons. The van der Waals surface area contributed by atoms with Gasteiger partial charge in [-0.2, -0.15) is 31.4 Å². The average molecular weight is 455 g/mol. The van der Waals surface area contributed by atoms with Crippen molar-refractivity contribution in [3.8, 4) is 5.13 Å². The van der Waals surface area contributed by atoms with Gasteiger partial charge in [-0.25, -0.2) is 14.5 Å². The summed E-state index contributed by atoms with van der Waals surface area (Å²) in [4.78, 5) is 15.3. The van der Waals surface area contributed by atoms with Gasteiger partial charge in [-0.15, -0.1) is 11.3 Å². The van der Waals surface area contributed by atoms with Gasteiger partial charge in [-0.05, 0) is 24.2 Å². The van der Waals surface area contributed by atoms with Crippen LogP contribution in [0.3, 0.4) is 0 Å². The Morgan fingerprint density at radius 2 is 1.80 bits per heavy atom. The van der Waals surface area contributed by atoms with E-state index >= 15 is 0 Å². The number of carbonyl (C=O) groups is 1. The summed E-state index contributed by atoms with van der Waals surface area (Å²) in [6, 6.07) is 0. The van der Waals surface area contributed by atoms with E-state index in [1.165, 1.54) is 12.3 Å². The lowest BCUT2D eigenvalue weighted by Crippen LogP contribution is -2.43. The van der Waals surface area contributed by atoms with E-state index in [0.29, 0.717) is 17.3 Å². The van der Waals surface area contributed by atoms with Gasteiger partial charge in [0.15, 0.2) is 5.69 Å². The smallest absolute Gasteiger partial charge is 0.434 e. The Bertz CT molecular complexity index is 935. The maximum atomic E-state index is 13.6. The van der Waals surface area contributed by atoms with Crippen molar-refractivity contribution in [3.63, 3.8) is 0 Å². The van der Waals surface area contributed by atoms with Gasteiger partial charge in [-0.3, -0.25) is 0 Å². The molecule has 5 nitrogen and oxygen atoms in total. The molecule has 0 aliphatic heterocycles. The number of carboxylic acids is 1. The van der Waals surface area contributed by atoms with Crippen LogP contribution in [0.15, 0.2) is 11.6 Å². The number of carboxylic acid groups (broad SMARTS) is 1. The third-order valence-corrected chi connectivity index (χ3v) is 6.62. The molecule has 0 saturated heterocycles. The number of rotatable bonds is 3. The van der Waals surface area contributed by atoms with E-state index in [-0.39, 0.29) is 16.7 Å². The Balaban J connectivity index is 2.02. The Morgan fingerprint density at radius 1 is 1.17 bits per heavy atom. The van der Waals surface area contributed by atoms with Crippen LogP contribution in [0.4, 0.5) is 26.3 Å². The highest BCUT2D eigenvalue weighted by molar-refractivity contribution is 7.12. The third-order valence-electron chi connectivity index (χ3n) is 5.78. The summed E-state index contributed by atoms with van der Waals surface area (Å²) in [7, 11) is 0. The molecule has 2 aromatic rings. The van der Waals surface area contributed by atoms with Crippen molar-refractivity contribution in [2.24, 2.45) is 23.7 Å². The number of alkyl halides is 6. The van der Waals surface area contributed by atoms with Gasteiger partial charge in [0, 0.05) is 11.3 Å². The molecule has 30 heavy (non-hydrogen) atoms. The largest absolute Gasteiger partial charge is 0.478 e. The zero-order chi connectivity index (χ0) is 22.6. The molecule has 5 atom stereocenters. The first kappa shape index (κ1) is 22.6. The van der Waals surface area contributed by atoms with Crippen molar-refractivity contribution >= 4 is 17.3 Å². The fourth-order valence-electron chi connectivity index (χ4n) is 4.77. The number of thiazole rings is 1. The summed E-state index contributed by atoms with van der Waals surface area (Å²) in [6.07, 6.45) is -8.50. The standard InChI is InChI=1S/C18H19F6N3O2S/c1-7-4-8(2)13(17(19,20)21)9(3)12(7)11-6-30-16(26-11)27-14(18(22,23)24)10(5-25-27)15(28)29/h5-9,12-13H,4H2,1-3H3,(H,28,29). The van der Waals surface area contributed by atoms with Gasteiger partial charge in [0.1, 0.15) is 5.56 Å². The fourth-order valence-corrected chi connectivity index (χ4v) is 5.60. The molecule has 3 rings (SSSR count). The first-order valence-corrected chi connectivity index (χ1v) is 10.0. The molecule has 1 aliphatic rings. The number of hydrogen-bond donors (Lipinski definition) is 1. The average Bonchev–Trinajstić information content (AvgIpc) is 3.18. The molecule has 1 aliphatic carbocycles. The number of halogens is 6. The van der Waals surface area contributed by atoms with E-state index in [2.05, 4.69) is 10.1 Å². The van der Waals surface area contributed by atoms with Crippen molar-refractivity contribution in [2.45, 2.75) is 45.5 Å². The van der Waals surface area contributed by atoms with Crippen LogP contribution in [0.25, 0.3) is 5.13 Å². The summed E-state index contributed by atoms with van der Waals surface area (Å²) >= 11 is 0.780. The summed E-state index contributed by atoms with van der Waals surface area (Å²) in [5, 5.41) is 13.7. The minimum atomic E-state index is -5.00. The zero-order valence-corrected chi connectivity index (χ0v) is 16.9. The van der Waals surface area contributed by atoms with E-state index in [0.717, 1.165) is 11.3 Å². The topological polar surface area (TPSA) is 68.0 Å². The Morgan fingerprint density at radius 3 is 2.33 bits per heavy atom. The summed E-state index contributed by atoms with van der Waals surface area (Å²) in [5.74, 6) is -5.47. The van der Waals surface area contributed by atoms with Crippen LogP contribution in [-0.2, 0) is 6.18 Å². The maximum Gasteiger partial charge on any atom is 0.434 e. The lowest BCUT2D eigenvalue weighted by Gasteiger charge is -2.44. The monoisotopic (exact) mass is 455 g/mol. The number of aromatic nitrogens is 3. The normalized spacial score (nSPS) is 28.0. The van der Waals surface area contributed by atoms with Crippen LogP contribution < -0.4 is 0 Å². The quantitative estimate of drug-likeness (QED) is 0.610. The highest BCUT2D eigenvalue weighted by Gasteiger charge is 2.53. The summed E-state index contributed by atoms with van der Waals surface area (Å²) in [6.45, 7) is 4.85. The third kappa shape index (κ3) is 3.93. The minimum absolute atomic E-state index is 0.155. The van der Waals surface area contributed by atoms with Gasteiger partial charge >= 0.3 is 18.3 Å². The maximum absolute atomic E-state index is 13.6. The molecule has 0 amide bonds. The van der Waals surface area contributed by atoms with Crippen LogP contribution in [0.2, 0.25) is 0 Å². The van der Waals surface area contributed by atoms with Crippen LogP contribution in [-0.4, -0.2) is 32.0 Å². The van der Waals surface area contributed by atoms with Gasteiger partial charge in [0.05, 0.1) is 17.8 Å². The highest BCUT2D eigenvalue weighted by atomic mass is 32.1. The fraction of sp³-hybridized carbons (Fsp3) is 0.611. The van der Waals surface area contributed by atoms with E-state index in [4.69, 9.17) is 5.11 Å². The number of nitrogens with zero attached hydrogens (tertiary/aromatic N) is 3. The van der Waals surface area contributed by atoms with Gasteiger partial charge in [-0.1, -0.05) is 20.8 Å². The Labute approximate surface area is 171 Å². The number of hydrogen-bond acceptors (Lipinski definition) is 4. The lowest BCUT2D eigenvalue weighted by molar-refractivity contribution is -0.214. The highest BCUT2D eigenvalue weighted by Crippen LogP contribution is 2.52. The van der Waals surface area contributed by atoms with Crippen LogP contribution in [0.5, 0.6) is 0 Å². The predicted molar refractivity (Wildman–Crippen MR) is 95.6 cm³/mol. The van der Waals surface area contributed by atoms with Crippen molar-refractivity contribution < 1.29 is 36.2 Å². The van der Waals surface area contributed by atoms with Crippen molar-refractivity contribution in [1.82, 2.24) is 14.8 Å². The predicted octanol–water partition coefficient (Wildman–Crippen LogP) is 5.62. The summed E-state index contributed by atoms with van der Waals surface area (Å²) in [5.41, 5.74) is -2.25. The van der Waals surface area contributed by atoms with Gasteiger partial charge < -0.3 is 5.11 Å². The van der Waals surface area contributed by atoms with Crippen molar-refractivity contribution in [3.05, 3.63) is 28.5 Å². The van der Waals surface area contributed by atoms with Crippen LogP contribution in [0, 0.1) is 23.7 Å². The molecule has 0 aromatic carbocycles. The molecule has 1 saturated carbocycles. The van der Waals surface area contributed by atoms with E-state index < -0.39 is 53.3 Å². The SMILES string of the molecule is CC1CC(C)C(C(F)(F)F)C(C)C1c1csc(-n2ncc(C(=O)O)c2C(F)(F)F)n1. The molecule has 12 heteroatoms. The Hall–Kier alpha value is -2.11. The van der Waals surface area contributed by atoms with Crippen molar-refractivity contribution in [1.29, 1.82) is 0 Å². The van der Waals surface area contributed by atoms with E-state index in [1.807, 2.05) is 0 Å². The van der Waals surface area contributed by atoms with Crippen molar-refractivity contribution in [2.75, 3.05) is 0 Å². The van der Waals surface area contributed by atoms with E-state index in [1.54, 1.807) is 13.8 Å². The molecular formula is C18H19F6N3O2S. The molecule has 2 aromatic heterocycles. The first-order valence-electron chi connectivity index (χ1n) is 9.14. The van der Waals surface area contributed by atoms with Crippen LogP contribution >= 0.6 is 11.3 Å². The molecule has 0 spiro atoms. The molecule has 166 valence electrons.